The van der Waals surface area contributed by atoms with Crippen LogP contribution in [0.1, 0.15) is 16.8 Å². The van der Waals surface area contributed by atoms with E-state index >= 15 is 0 Å². The third kappa shape index (κ3) is 3.04. The summed E-state index contributed by atoms with van der Waals surface area (Å²) in [5.41, 5.74) is 5.40. The minimum absolute atomic E-state index is 0.0847. The molecule has 1 amide bonds. The van der Waals surface area contributed by atoms with Gasteiger partial charge >= 0.3 is 0 Å². The second-order valence-electron chi connectivity index (χ2n) is 3.18. The molecule has 0 bridgehead atoms. The summed E-state index contributed by atoms with van der Waals surface area (Å²) in [4.78, 5) is 14.4. The fourth-order valence-corrected chi connectivity index (χ4v) is 1.14. The molecule has 0 aliphatic carbocycles. The van der Waals surface area contributed by atoms with Crippen LogP contribution in [-0.2, 0) is 0 Å². The van der Waals surface area contributed by atoms with Crippen LogP contribution >= 0.6 is 0 Å². The van der Waals surface area contributed by atoms with Gasteiger partial charge in [0.25, 0.3) is 5.91 Å². The van der Waals surface area contributed by atoms with Gasteiger partial charge in [-0.25, -0.2) is 9.24 Å². The van der Waals surface area contributed by atoms with Gasteiger partial charge in [-0.05, 0) is 19.0 Å². The standard InChI is InChI=1S/C11H12FN3O/c1-14-10-4-3-8(7-9(10)12)11(16)15-6-2-5-13/h3-4,7H,2,5-6,13H2,(H,15,16). The van der Waals surface area contributed by atoms with Gasteiger partial charge in [0.15, 0.2) is 0 Å². The molecule has 1 aromatic rings. The molecule has 1 rings (SSSR count). The van der Waals surface area contributed by atoms with Gasteiger partial charge in [0.2, 0.25) is 5.69 Å². The van der Waals surface area contributed by atoms with Crippen LogP contribution < -0.4 is 11.1 Å². The molecule has 0 aliphatic heterocycles. The maximum absolute atomic E-state index is 13.2. The lowest BCUT2D eigenvalue weighted by molar-refractivity contribution is 0.0953. The molecule has 0 aromatic heterocycles. The van der Waals surface area contributed by atoms with Crippen LogP contribution in [0.2, 0.25) is 0 Å². The zero-order valence-corrected chi connectivity index (χ0v) is 8.66. The summed E-state index contributed by atoms with van der Waals surface area (Å²) in [6.45, 7) is 7.62. The molecule has 84 valence electrons. The zero-order chi connectivity index (χ0) is 12.0. The summed E-state index contributed by atoms with van der Waals surface area (Å²) in [5, 5.41) is 2.60. The van der Waals surface area contributed by atoms with Gasteiger partial charge in [-0.15, -0.1) is 0 Å². The van der Waals surface area contributed by atoms with Crippen LogP contribution in [0, 0.1) is 12.4 Å². The minimum Gasteiger partial charge on any atom is -0.352 e. The lowest BCUT2D eigenvalue weighted by Gasteiger charge is -2.04. The smallest absolute Gasteiger partial charge is 0.251 e. The molecule has 0 atom stereocenters. The Morgan fingerprint density at radius 1 is 1.56 bits per heavy atom. The average molecular weight is 221 g/mol. The molecular formula is C11H12FN3O. The number of carbonyl (C=O) groups excluding carboxylic acids is 1. The van der Waals surface area contributed by atoms with Crippen molar-refractivity contribution in [1.29, 1.82) is 0 Å². The molecule has 0 saturated heterocycles. The highest BCUT2D eigenvalue weighted by Crippen LogP contribution is 2.18. The fraction of sp³-hybridized carbons (Fsp3) is 0.273. The number of carbonyl (C=O) groups is 1. The third-order valence-electron chi connectivity index (χ3n) is 2.00. The second kappa shape index (κ2) is 5.83. The van der Waals surface area contributed by atoms with Crippen molar-refractivity contribution in [3.8, 4) is 0 Å². The van der Waals surface area contributed by atoms with Crippen LogP contribution in [-0.4, -0.2) is 19.0 Å². The normalized spacial score (nSPS) is 9.56. The Labute approximate surface area is 93.1 Å². The molecule has 1 aromatic carbocycles. The predicted octanol–water partition coefficient (Wildman–Crippen LogP) is 1.46. The number of hydrogen-bond donors (Lipinski definition) is 2. The van der Waals surface area contributed by atoms with E-state index in [9.17, 15) is 9.18 Å². The van der Waals surface area contributed by atoms with E-state index in [1.54, 1.807) is 0 Å². The quantitative estimate of drug-likeness (QED) is 0.597. The van der Waals surface area contributed by atoms with Crippen LogP contribution in [0.4, 0.5) is 10.1 Å². The molecule has 0 radical (unpaired) electrons. The van der Waals surface area contributed by atoms with Gasteiger partial charge in [-0.3, -0.25) is 4.79 Å². The minimum atomic E-state index is -0.679. The molecule has 5 heteroatoms. The van der Waals surface area contributed by atoms with E-state index in [1.807, 2.05) is 0 Å². The monoisotopic (exact) mass is 221 g/mol. The van der Waals surface area contributed by atoms with E-state index in [-0.39, 0.29) is 17.2 Å². The topological polar surface area (TPSA) is 59.5 Å². The maximum Gasteiger partial charge on any atom is 0.251 e. The largest absolute Gasteiger partial charge is 0.352 e. The lowest BCUT2D eigenvalue weighted by Crippen LogP contribution is -2.25. The number of halogens is 1. The fourth-order valence-electron chi connectivity index (χ4n) is 1.14. The molecule has 0 heterocycles. The van der Waals surface area contributed by atoms with E-state index in [2.05, 4.69) is 10.2 Å². The van der Waals surface area contributed by atoms with Crippen molar-refractivity contribution in [2.45, 2.75) is 6.42 Å². The van der Waals surface area contributed by atoms with Crippen molar-refractivity contribution < 1.29 is 9.18 Å². The molecule has 0 fully saturated rings. The molecule has 0 saturated carbocycles. The van der Waals surface area contributed by atoms with E-state index in [0.717, 1.165) is 6.07 Å². The van der Waals surface area contributed by atoms with Gasteiger partial charge in [0.1, 0.15) is 5.82 Å². The Balaban J connectivity index is 2.70. The van der Waals surface area contributed by atoms with Crippen LogP contribution in [0.5, 0.6) is 0 Å². The Kier molecular flexibility index (Phi) is 4.42. The summed E-state index contributed by atoms with van der Waals surface area (Å²) in [6, 6.07) is 3.78. The Morgan fingerprint density at radius 2 is 2.31 bits per heavy atom. The second-order valence-corrected chi connectivity index (χ2v) is 3.18. The third-order valence-corrected chi connectivity index (χ3v) is 2.00. The van der Waals surface area contributed by atoms with Crippen LogP contribution in [0.15, 0.2) is 18.2 Å². The van der Waals surface area contributed by atoms with Crippen molar-refractivity contribution in [3.63, 3.8) is 0 Å². The van der Waals surface area contributed by atoms with E-state index < -0.39 is 5.82 Å². The van der Waals surface area contributed by atoms with Crippen LogP contribution in [0.3, 0.4) is 0 Å². The van der Waals surface area contributed by atoms with Gasteiger partial charge in [0.05, 0.1) is 6.57 Å². The molecule has 3 N–H and O–H groups in total. The van der Waals surface area contributed by atoms with Crippen molar-refractivity contribution in [1.82, 2.24) is 5.32 Å². The average Bonchev–Trinajstić information content (AvgIpc) is 2.29. The van der Waals surface area contributed by atoms with Gasteiger partial charge in [-0.2, -0.15) is 0 Å². The molecule has 16 heavy (non-hydrogen) atoms. The van der Waals surface area contributed by atoms with Crippen molar-refractivity contribution in [3.05, 3.63) is 41.0 Å². The Hall–Kier alpha value is -1.93. The highest BCUT2D eigenvalue weighted by Gasteiger charge is 2.08. The van der Waals surface area contributed by atoms with Crippen molar-refractivity contribution in [2.24, 2.45) is 5.73 Å². The molecule has 4 nitrogen and oxygen atoms in total. The number of nitrogens with one attached hydrogen (secondary N) is 1. The first-order chi connectivity index (χ1) is 7.69. The first-order valence-corrected chi connectivity index (χ1v) is 4.84. The zero-order valence-electron chi connectivity index (χ0n) is 8.66. The summed E-state index contributed by atoms with van der Waals surface area (Å²) in [6.07, 6.45) is 0.675. The number of amides is 1. The maximum atomic E-state index is 13.2. The number of benzene rings is 1. The first-order valence-electron chi connectivity index (χ1n) is 4.84. The number of hydrogen-bond acceptors (Lipinski definition) is 2. The van der Waals surface area contributed by atoms with E-state index in [4.69, 9.17) is 12.3 Å². The summed E-state index contributed by atoms with van der Waals surface area (Å²) in [7, 11) is 0. The number of nitrogens with two attached hydrogens (primary N) is 1. The van der Waals surface area contributed by atoms with Gasteiger partial charge < -0.3 is 11.1 Å². The van der Waals surface area contributed by atoms with Crippen molar-refractivity contribution in [2.75, 3.05) is 13.1 Å². The summed E-state index contributed by atoms with van der Waals surface area (Å²) >= 11 is 0. The Bertz CT molecular complexity index is 426. The SMILES string of the molecule is [C-]#[N+]c1ccc(C(=O)NCCCN)cc1F. The molecule has 0 aliphatic rings. The highest BCUT2D eigenvalue weighted by atomic mass is 19.1. The molecule has 0 spiro atoms. The van der Waals surface area contributed by atoms with E-state index in [1.165, 1.54) is 12.1 Å². The Morgan fingerprint density at radius 3 is 2.88 bits per heavy atom. The lowest BCUT2D eigenvalue weighted by atomic mass is 10.2. The van der Waals surface area contributed by atoms with Gasteiger partial charge in [0, 0.05) is 12.1 Å². The number of nitrogens with zero attached hydrogens (tertiary/aromatic N) is 1. The summed E-state index contributed by atoms with van der Waals surface area (Å²) < 4.78 is 13.2. The molecule has 0 unspecified atom stereocenters. The van der Waals surface area contributed by atoms with Gasteiger partial charge in [-0.1, -0.05) is 12.1 Å². The summed E-state index contributed by atoms with van der Waals surface area (Å²) in [5.74, 6) is -1.04. The molecular weight excluding hydrogens is 209 g/mol. The van der Waals surface area contributed by atoms with Crippen LogP contribution in [0.25, 0.3) is 4.85 Å². The first kappa shape index (κ1) is 12.1. The predicted molar refractivity (Wildman–Crippen MR) is 58.7 cm³/mol. The van der Waals surface area contributed by atoms with E-state index in [0.29, 0.717) is 19.5 Å². The van der Waals surface area contributed by atoms with Crippen molar-refractivity contribution >= 4 is 11.6 Å². The highest BCUT2D eigenvalue weighted by molar-refractivity contribution is 5.94. The number of rotatable bonds is 4.